The van der Waals surface area contributed by atoms with Crippen molar-refractivity contribution >= 4 is 17.4 Å². The van der Waals surface area contributed by atoms with Crippen LogP contribution >= 0.6 is 0 Å². The molecule has 6 heteroatoms. The van der Waals surface area contributed by atoms with Gasteiger partial charge in [-0.05, 0) is 60.7 Å². The van der Waals surface area contributed by atoms with Gasteiger partial charge in [-0.3, -0.25) is 9.59 Å². The number of aliphatic hydroxyl groups is 1. The van der Waals surface area contributed by atoms with E-state index in [1.165, 1.54) is 17.0 Å². The predicted molar refractivity (Wildman–Crippen MR) is 119 cm³/mol. The Kier molecular flexibility index (Phi) is 6.68. The van der Waals surface area contributed by atoms with Crippen LogP contribution in [0.15, 0.2) is 48.0 Å². The number of ether oxygens (including phenoxy) is 1. The zero-order valence-corrected chi connectivity index (χ0v) is 18.4. The van der Waals surface area contributed by atoms with Crippen molar-refractivity contribution in [2.24, 2.45) is 0 Å². The lowest BCUT2D eigenvalue weighted by Gasteiger charge is -2.25. The molecule has 2 N–H and O–H groups in total. The van der Waals surface area contributed by atoms with Crippen LogP contribution in [-0.4, -0.2) is 40.0 Å². The van der Waals surface area contributed by atoms with Crippen LogP contribution in [-0.2, 0) is 9.59 Å². The third kappa shape index (κ3) is 4.29. The van der Waals surface area contributed by atoms with Gasteiger partial charge in [0.2, 0.25) is 0 Å². The molecule has 6 nitrogen and oxygen atoms in total. The van der Waals surface area contributed by atoms with Gasteiger partial charge in [-0.1, -0.05) is 32.9 Å². The first-order valence-electron chi connectivity index (χ1n) is 10.6. The third-order valence-corrected chi connectivity index (χ3v) is 5.42. The molecule has 1 fully saturated rings. The van der Waals surface area contributed by atoms with Crippen LogP contribution in [0, 0.1) is 0 Å². The maximum absolute atomic E-state index is 13.0. The standard InChI is InChI=1S/C25H29NO5/c1-5-13-26-22(16-7-10-18(27)11-8-16)21(24(29)25(26)30)23(28)17-9-12-20(31-6-2)19(14-17)15(3)4/h7-12,14-15,22,27-28H,5-6,13H2,1-4H3/b23-21-. The molecule has 1 aliphatic rings. The number of ketones is 1. The van der Waals surface area contributed by atoms with Gasteiger partial charge in [-0.25, -0.2) is 0 Å². The van der Waals surface area contributed by atoms with Gasteiger partial charge in [-0.15, -0.1) is 0 Å². The van der Waals surface area contributed by atoms with Crippen molar-refractivity contribution in [2.45, 2.75) is 46.1 Å². The van der Waals surface area contributed by atoms with Crippen LogP contribution in [0.2, 0.25) is 0 Å². The molecule has 1 amide bonds. The number of hydrogen-bond acceptors (Lipinski definition) is 5. The fourth-order valence-electron chi connectivity index (χ4n) is 3.94. The second-order valence-electron chi connectivity index (χ2n) is 7.92. The van der Waals surface area contributed by atoms with Gasteiger partial charge in [0.05, 0.1) is 18.2 Å². The smallest absolute Gasteiger partial charge is 0.295 e. The molecule has 0 aromatic heterocycles. The van der Waals surface area contributed by atoms with Crippen LogP contribution in [0.5, 0.6) is 11.5 Å². The number of nitrogens with zero attached hydrogens (tertiary/aromatic N) is 1. The Balaban J connectivity index is 2.18. The number of carbonyl (C=O) groups excluding carboxylic acids is 2. The second-order valence-corrected chi connectivity index (χ2v) is 7.92. The van der Waals surface area contributed by atoms with E-state index in [0.717, 1.165) is 11.3 Å². The van der Waals surface area contributed by atoms with Crippen LogP contribution in [0.4, 0.5) is 0 Å². The molecule has 1 atom stereocenters. The largest absolute Gasteiger partial charge is 0.508 e. The fraction of sp³-hybridized carbons (Fsp3) is 0.360. The number of hydrogen-bond donors (Lipinski definition) is 2. The van der Waals surface area contributed by atoms with Gasteiger partial charge >= 0.3 is 0 Å². The Bertz CT molecular complexity index is 1010. The average molecular weight is 424 g/mol. The maximum Gasteiger partial charge on any atom is 0.295 e. The van der Waals surface area contributed by atoms with Gasteiger partial charge in [0, 0.05) is 12.1 Å². The van der Waals surface area contributed by atoms with E-state index in [0.29, 0.717) is 30.7 Å². The van der Waals surface area contributed by atoms with E-state index >= 15 is 0 Å². The number of rotatable bonds is 7. The number of benzene rings is 2. The Hall–Kier alpha value is -3.28. The minimum Gasteiger partial charge on any atom is -0.508 e. The molecule has 1 aliphatic heterocycles. The molecule has 164 valence electrons. The van der Waals surface area contributed by atoms with Crippen LogP contribution in [0.1, 0.15) is 62.8 Å². The highest BCUT2D eigenvalue weighted by Crippen LogP contribution is 2.40. The lowest BCUT2D eigenvalue weighted by molar-refractivity contribution is -0.139. The number of likely N-dealkylation sites (tertiary alicyclic amines) is 1. The maximum atomic E-state index is 13.0. The summed E-state index contributed by atoms with van der Waals surface area (Å²) >= 11 is 0. The number of aromatic hydroxyl groups is 1. The Labute approximate surface area is 182 Å². The molecule has 0 spiro atoms. The van der Waals surface area contributed by atoms with Gasteiger partial charge in [0.1, 0.15) is 17.3 Å². The lowest BCUT2D eigenvalue weighted by atomic mass is 9.93. The van der Waals surface area contributed by atoms with E-state index in [9.17, 15) is 19.8 Å². The Morgan fingerprint density at radius 3 is 2.35 bits per heavy atom. The van der Waals surface area contributed by atoms with Crippen molar-refractivity contribution in [3.05, 3.63) is 64.7 Å². The minimum absolute atomic E-state index is 0.0583. The van der Waals surface area contributed by atoms with Crippen molar-refractivity contribution in [3.63, 3.8) is 0 Å². The number of amides is 1. The molecular formula is C25H29NO5. The van der Waals surface area contributed by atoms with Crippen molar-refractivity contribution in [3.8, 4) is 11.5 Å². The first kappa shape index (κ1) is 22.4. The van der Waals surface area contributed by atoms with Gasteiger partial charge in [0.25, 0.3) is 11.7 Å². The molecule has 0 saturated carbocycles. The quantitative estimate of drug-likeness (QED) is 0.381. The summed E-state index contributed by atoms with van der Waals surface area (Å²) in [6.07, 6.45) is 0.669. The van der Waals surface area contributed by atoms with Crippen molar-refractivity contribution in [2.75, 3.05) is 13.2 Å². The first-order chi connectivity index (χ1) is 14.8. The van der Waals surface area contributed by atoms with Crippen molar-refractivity contribution in [1.29, 1.82) is 0 Å². The van der Waals surface area contributed by atoms with Crippen LogP contribution in [0.25, 0.3) is 5.76 Å². The van der Waals surface area contributed by atoms with E-state index in [2.05, 4.69) is 0 Å². The molecular weight excluding hydrogens is 394 g/mol. The number of phenolic OH excluding ortho intramolecular Hbond substituents is 1. The number of carbonyl (C=O) groups is 2. The second kappa shape index (κ2) is 9.25. The normalized spacial score (nSPS) is 18.1. The van der Waals surface area contributed by atoms with Crippen LogP contribution in [0.3, 0.4) is 0 Å². The van der Waals surface area contributed by atoms with E-state index in [1.807, 2.05) is 33.8 Å². The summed E-state index contributed by atoms with van der Waals surface area (Å²) in [5.74, 6) is -0.579. The monoisotopic (exact) mass is 423 g/mol. The molecule has 3 rings (SSSR count). The minimum atomic E-state index is -0.713. The summed E-state index contributed by atoms with van der Waals surface area (Å²) in [7, 11) is 0. The molecule has 2 aromatic rings. The molecule has 1 saturated heterocycles. The van der Waals surface area contributed by atoms with Crippen molar-refractivity contribution in [1.82, 2.24) is 4.90 Å². The summed E-state index contributed by atoms with van der Waals surface area (Å²) in [4.78, 5) is 27.2. The Morgan fingerprint density at radius 2 is 1.77 bits per heavy atom. The van der Waals surface area contributed by atoms with Crippen LogP contribution < -0.4 is 4.74 Å². The van der Waals surface area contributed by atoms with E-state index in [1.54, 1.807) is 24.3 Å². The van der Waals surface area contributed by atoms with E-state index in [-0.39, 0.29) is 23.0 Å². The highest BCUT2D eigenvalue weighted by atomic mass is 16.5. The molecule has 0 aliphatic carbocycles. The molecule has 0 bridgehead atoms. The van der Waals surface area contributed by atoms with E-state index in [4.69, 9.17) is 4.74 Å². The summed E-state index contributed by atoms with van der Waals surface area (Å²) in [5.41, 5.74) is 2.09. The molecule has 1 heterocycles. The first-order valence-corrected chi connectivity index (χ1v) is 10.6. The SMILES string of the molecule is CCCN1C(=O)C(=O)/C(=C(\O)c2ccc(OCC)c(C(C)C)c2)C1c1ccc(O)cc1. The summed E-state index contributed by atoms with van der Waals surface area (Å²) in [6, 6.07) is 10.9. The van der Waals surface area contributed by atoms with Gasteiger partial charge in [-0.2, -0.15) is 0 Å². The lowest BCUT2D eigenvalue weighted by Crippen LogP contribution is -2.30. The molecule has 1 unspecified atom stereocenters. The van der Waals surface area contributed by atoms with E-state index < -0.39 is 17.7 Å². The highest BCUT2D eigenvalue weighted by Gasteiger charge is 2.45. The summed E-state index contributed by atoms with van der Waals surface area (Å²) < 4.78 is 5.70. The summed E-state index contributed by atoms with van der Waals surface area (Å²) in [6.45, 7) is 8.79. The zero-order valence-electron chi connectivity index (χ0n) is 18.4. The number of Topliss-reactive ketones (excluding diaryl/α,β-unsaturated/α-hetero) is 1. The van der Waals surface area contributed by atoms with Gasteiger partial charge in [0.15, 0.2) is 0 Å². The van der Waals surface area contributed by atoms with Crippen molar-refractivity contribution < 1.29 is 24.5 Å². The predicted octanol–water partition coefficient (Wildman–Crippen LogP) is 4.75. The summed E-state index contributed by atoms with van der Waals surface area (Å²) in [5, 5.41) is 20.9. The third-order valence-electron chi connectivity index (χ3n) is 5.42. The number of phenols is 1. The number of aliphatic hydroxyl groups excluding tert-OH is 1. The molecule has 0 radical (unpaired) electrons. The fourth-order valence-corrected chi connectivity index (χ4v) is 3.94. The highest BCUT2D eigenvalue weighted by molar-refractivity contribution is 6.46. The molecule has 2 aromatic carbocycles. The Morgan fingerprint density at radius 1 is 1.10 bits per heavy atom. The average Bonchev–Trinajstić information content (AvgIpc) is 2.99. The molecule has 31 heavy (non-hydrogen) atoms. The topological polar surface area (TPSA) is 87.1 Å². The zero-order chi connectivity index (χ0) is 22.7. The van der Waals surface area contributed by atoms with Gasteiger partial charge < -0.3 is 19.8 Å².